The van der Waals surface area contributed by atoms with Crippen LogP contribution in [0.5, 0.6) is 0 Å². The summed E-state index contributed by atoms with van der Waals surface area (Å²) in [7, 11) is 1.87. The van der Waals surface area contributed by atoms with Gasteiger partial charge in [0.1, 0.15) is 0 Å². The molecule has 106 valence electrons. The van der Waals surface area contributed by atoms with Crippen LogP contribution in [0.25, 0.3) is 0 Å². The van der Waals surface area contributed by atoms with Crippen LogP contribution in [0.1, 0.15) is 18.0 Å². The molecular weight excluding hydrogens is 280 g/mol. The third kappa shape index (κ3) is 4.34. The summed E-state index contributed by atoms with van der Waals surface area (Å²) in [6.45, 7) is 0. The van der Waals surface area contributed by atoms with Gasteiger partial charge in [-0.3, -0.25) is 4.84 Å². The van der Waals surface area contributed by atoms with E-state index in [9.17, 15) is 0 Å². The van der Waals surface area contributed by atoms with Crippen molar-refractivity contribution in [3.05, 3.63) is 60.2 Å². The van der Waals surface area contributed by atoms with Crippen LogP contribution in [-0.4, -0.2) is 18.2 Å². The Balaban J connectivity index is 0.000000256. The molecule has 1 heterocycles. The van der Waals surface area contributed by atoms with Gasteiger partial charge in [-0.1, -0.05) is 0 Å². The monoisotopic (exact) mass is 296 g/mol. The molecule has 2 aromatic carbocycles. The van der Waals surface area contributed by atoms with Gasteiger partial charge in [-0.25, -0.2) is 12.1 Å². The smallest absolute Gasteiger partial charge is 0.166 e. The standard InChI is InChI=1S/C10H11N2O.C5H5.Fe/c1-12-10(6-9(7-11)13-12)8-4-2-3-5-8;1-2-4-5-3-1;/h2-5,9-10H,6H2,1H3;1-5H;/q-1;-5;. The number of hydrogen-bond acceptors (Lipinski definition) is 3. The number of rotatable bonds is 1. The minimum absolute atomic E-state index is 0. The summed E-state index contributed by atoms with van der Waals surface area (Å²) in [6.07, 6.45) is 0.474. The van der Waals surface area contributed by atoms with Crippen LogP contribution in [0.4, 0.5) is 0 Å². The Morgan fingerprint density at radius 2 is 1.74 bits per heavy atom. The topological polar surface area (TPSA) is 36.3 Å². The summed E-state index contributed by atoms with van der Waals surface area (Å²) >= 11 is 0. The van der Waals surface area contributed by atoms with Crippen molar-refractivity contribution in [2.24, 2.45) is 0 Å². The minimum Gasteiger partial charge on any atom is -0.748 e. The van der Waals surface area contributed by atoms with Crippen molar-refractivity contribution in [3.8, 4) is 6.07 Å². The molecule has 1 aliphatic rings. The van der Waals surface area contributed by atoms with Crippen LogP contribution in [0.2, 0.25) is 0 Å². The Morgan fingerprint density at radius 3 is 2.16 bits per heavy atom. The Morgan fingerprint density at radius 1 is 1.21 bits per heavy atom. The molecule has 1 fully saturated rings. The van der Waals surface area contributed by atoms with Crippen LogP contribution in [0.15, 0.2) is 54.6 Å². The van der Waals surface area contributed by atoms with Gasteiger partial charge in [0.15, 0.2) is 6.10 Å². The molecule has 1 saturated heterocycles. The zero-order chi connectivity index (χ0) is 12.8. The molecule has 2 unspecified atom stereocenters. The number of hydrogen-bond donors (Lipinski definition) is 0. The van der Waals surface area contributed by atoms with Gasteiger partial charge in [0.05, 0.1) is 6.07 Å². The van der Waals surface area contributed by atoms with E-state index >= 15 is 0 Å². The predicted molar refractivity (Wildman–Crippen MR) is 69.7 cm³/mol. The van der Waals surface area contributed by atoms with Gasteiger partial charge in [-0.05, 0) is 0 Å². The second-order valence-corrected chi connectivity index (χ2v) is 4.20. The molecule has 3 rings (SSSR count). The minimum atomic E-state index is -0.287. The molecule has 0 amide bonds. The summed E-state index contributed by atoms with van der Waals surface area (Å²) in [6, 6.07) is 20.5. The van der Waals surface area contributed by atoms with Crippen molar-refractivity contribution >= 4 is 0 Å². The number of hydroxylamine groups is 2. The van der Waals surface area contributed by atoms with E-state index in [0.717, 1.165) is 6.42 Å². The molecule has 1 aliphatic heterocycles. The fourth-order valence-corrected chi connectivity index (χ4v) is 2.02. The Bertz CT molecular complexity index is 456. The average Bonchev–Trinajstić information content (AvgIpc) is 3.12. The Labute approximate surface area is 124 Å². The van der Waals surface area contributed by atoms with Crippen LogP contribution in [0.3, 0.4) is 0 Å². The van der Waals surface area contributed by atoms with Gasteiger partial charge in [-0.2, -0.15) is 22.5 Å². The molecule has 0 saturated carbocycles. The second kappa shape index (κ2) is 7.93. The maximum Gasteiger partial charge on any atom is 0.166 e. The largest absolute Gasteiger partial charge is 0.748 e. The summed E-state index contributed by atoms with van der Waals surface area (Å²) < 4.78 is 0. The predicted octanol–water partition coefficient (Wildman–Crippen LogP) is 3.01. The average molecular weight is 296 g/mol. The third-order valence-corrected chi connectivity index (χ3v) is 2.94. The SMILES string of the molecule is CN1OC(C#N)CC1[c-]1cccc1.[Fe].[cH-]1[cH-][cH-][cH-][cH-]1. The molecule has 0 bridgehead atoms. The molecule has 19 heavy (non-hydrogen) atoms. The molecule has 0 aromatic heterocycles. The van der Waals surface area contributed by atoms with Gasteiger partial charge in [-0.15, -0.1) is 5.56 Å². The summed E-state index contributed by atoms with van der Waals surface area (Å²) in [5.74, 6) is 0. The summed E-state index contributed by atoms with van der Waals surface area (Å²) in [5.41, 5.74) is 1.22. The van der Waals surface area contributed by atoms with E-state index in [4.69, 9.17) is 10.1 Å². The van der Waals surface area contributed by atoms with Crippen LogP contribution in [0, 0.1) is 11.3 Å². The molecule has 0 spiro atoms. The van der Waals surface area contributed by atoms with E-state index < -0.39 is 0 Å². The van der Waals surface area contributed by atoms with Crippen molar-refractivity contribution in [1.29, 1.82) is 5.26 Å². The van der Waals surface area contributed by atoms with Crippen molar-refractivity contribution in [1.82, 2.24) is 5.06 Å². The van der Waals surface area contributed by atoms with Gasteiger partial charge >= 0.3 is 0 Å². The van der Waals surface area contributed by atoms with E-state index in [-0.39, 0.29) is 29.2 Å². The Kier molecular flexibility index (Phi) is 6.55. The van der Waals surface area contributed by atoms with Crippen LogP contribution < -0.4 is 0 Å². The first-order chi connectivity index (χ1) is 8.81. The molecule has 2 aromatic rings. The third-order valence-electron chi connectivity index (χ3n) is 2.94. The first-order valence-electron chi connectivity index (χ1n) is 5.99. The van der Waals surface area contributed by atoms with Crippen molar-refractivity contribution in [2.75, 3.05) is 7.05 Å². The summed E-state index contributed by atoms with van der Waals surface area (Å²) in [4.78, 5) is 5.32. The normalized spacial score (nSPS) is 21.9. The summed E-state index contributed by atoms with van der Waals surface area (Å²) in [5, 5.41) is 10.5. The molecule has 4 heteroatoms. The van der Waals surface area contributed by atoms with Crippen molar-refractivity contribution in [2.45, 2.75) is 18.6 Å². The first-order valence-corrected chi connectivity index (χ1v) is 5.99. The maximum absolute atomic E-state index is 8.70. The van der Waals surface area contributed by atoms with Gasteiger partial charge in [0.25, 0.3) is 0 Å². The van der Waals surface area contributed by atoms with Crippen molar-refractivity contribution in [3.63, 3.8) is 0 Å². The van der Waals surface area contributed by atoms with Crippen molar-refractivity contribution < 1.29 is 21.9 Å². The molecule has 0 N–H and O–H groups in total. The fourth-order valence-electron chi connectivity index (χ4n) is 2.02. The molecular formula is C15H16FeN2O-6. The van der Waals surface area contributed by atoms with Gasteiger partial charge in [0, 0.05) is 36.6 Å². The number of nitriles is 1. The zero-order valence-electron chi connectivity index (χ0n) is 10.7. The van der Waals surface area contributed by atoms with Crippen LogP contribution in [-0.2, 0) is 21.9 Å². The van der Waals surface area contributed by atoms with E-state index in [1.54, 1.807) is 5.06 Å². The molecule has 0 aliphatic carbocycles. The van der Waals surface area contributed by atoms with Gasteiger partial charge in [0.2, 0.25) is 0 Å². The number of nitrogens with zero attached hydrogens (tertiary/aromatic N) is 2. The van der Waals surface area contributed by atoms with Crippen LogP contribution >= 0.6 is 0 Å². The quantitative estimate of drug-likeness (QED) is 0.599. The van der Waals surface area contributed by atoms with Gasteiger partial charge < -0.3 is 30.3 Å². The first kappa shape index (κ1) is 15.7. The molecule has 3 nitrogen and oxygen atoms in total. The van der Waals surface area contributed by atoms with E-state index in [0.29, 0.717) is 0 Å². The van der Waals surface area contributed by atoms with E-state index in [2.05, 4.69) is 18.2 Å². The fraction of sp³-hybridized carbons (Fsp3) is 0.267. The van der Waals surface area contributed by atoms with E-state index in [1.807, 2.05) is 49.5 Å². The molecule has 2 atom stereocenters. The second-order valence-electron chi connectivity index (χ2n) is 4.20. The van der Waals surface area contributed by atoms with E-state index in [1.165, 1.54) is 5.56 Å². The zero-order valence-corrected chi connectivity index (χ0v) is 11.8. The molecule has 0 radical (unpaired) electrons. The Hall–Kier alpha value is -1.37. The maximum atomic E-state index is 8.70.